The van der Waals surface area contributed by atoms with Gasteiger partial charge in [-0.15, -0.1) is 0 Å². The van der Waals surface area contributed by atoms with E-state index in [1.807, 2.05) is 0 Å². The van der Waals surface area contributed by atoms with Crippen LogP contribution in [0.2, 0.25) is 0 Å². The summed E-state index contributed by atoms with van der Waals surface area (Å²) in [6, 6.07) is 0. The molecule has 0 fully saturated rings. The monoisotopic (exact) mass is 999 g/mol. The first-order valence-corrected chi connectivity index (χ1v) is 28.3. The van der Waals surface area contributed by atoms with Gasteiger partial charge in [0.15, 0.2) is 6.10 Å². The Labute approximate surface area is 425 Å². The number of allylic oxidation sites excluding steroid dienone is 18. The first-order chi connectivity index (χ1) is 34.2. The Morgan fingerprint density at radius 2 is 0.743 bits per heavy atom. The van der Waals surface area contributed by atoms with E-state index in [9.17, 15) is 28.9 Å². The van der Waals surface area contributed by atoms with E-state index < -0.39 is 57.8 Å². The fourth-order valence-corrected chi connectivity index (χ4v) is 7.42. The van der Waals surface area contributed by atoms with Gasteiger partial charge in [-0.25, -0.2) is 4.57 Å². The smallest absolute Gasteiger partial charge is 0.462 e. The van der Waals surface area contributed by atoms with Crippen LogP contribution in [-0.4, -0.2) is 66.5 Å². The number of rotatable bonds is 48. The number of unbranched alkanes of at least 4 members (excludes halogenated alkanes) is 13. The molecule has 0 aromatic heterocycles. The van der Waals surface area contributed by atoms with Crippen molar-refractivity contribution in [3.8, 4) is 0 Å². The van der Waals surface area contributed by atoms with Gasteiger partial charge in [0.2, 0.25) is 0 Å². The van der Waals surface area contributed by atoms with Crippen LogP contribution in [0, 0.1) is 0 Å². The molecule has 0 aliphatic heterocycles. The van der Waals surface area contributed by atoms with Crippen molar-refractivity contribution in [2.45, 2.75) is 213 Å². The van der Waals surface area contributed by atoms with Crippen LogP contribution in [-0.2, 0) is 42.2 Å². The van der Waals surface area contributed by atoms with Gasteiger partial charge in [-0.2, -0.15) is 0 Å². The predicted molar refractivity (Wildman–Crippen MR) is 288 cm³/mol. The van der Waals surface area contributed by atoms with Crippen LogP contribution in [0.25, 0.3) is 0 Å². The quantitative estimate of drug-likeness (QED) is 0.0197. The van der Waals surface area contributed by atoms with E-state index in [-0.39, 0.29) is 25.9 Å². The maximum absolute atomic E-state index is 12.9. The first kappa shape index (κ1) is 66.1. The highest BCUT2D eigenvalue weighted by atomic mass is 31.2. The SMILES string of the molecule is CC/C=C\C/C=C\C/C=C\C/C=C\CCCCC(=O)OC(COC(=O)CCCCCCC/C=C\C/C=C\CCC)COP(=O)(O)OCC(CO)OC(=O)CCCCCCC/C=C\C/C=C\C/C=C\CC. The topological polar surface area (TPSA) is 155 Å². The maximum atomic E-state index is 12.9. The minimum atomic E-state index is -4.77. The summed E-state index contributed by atoms with van der Waals surface area (Å²) in [4.78, 5) is 48.4. The molecule has 70 heavy (non-hydrogen) atoms. The molecule has 0 saturated carbocycles. The Bertz CT molecular complexity index is 1590. The summed E-state index contributed by atoms with van der Waals surface area (Å²) in [5, 5.41) is 9.79. The predicted octanol–water partition coefficient (Wildman–Crippen LogP) is 15.5. The van der Waals surface area contributed by atoms with Crippen LogP contribution in [0.3, 0.4) is 0 Å². The van der Waals surface area contributed by atoms with Gasteiger partial charge in [-0.1, -0.05) is 175 Å². The summed E-state index contributed by atoms with van der Waals surface area (Å²) in [5.41, 5.74) is 0. The zero-order valence-corrected chi connectivity index (χ0v) is 44.6. The number of aliphatic hydroxyl groups is 1. The van der Waals surface area contributed by atoms with Gasteiger partial charge in [0.1, 0.15) is 12.7 Å². The van der Waals surface area contributed by atoms with E-state index in [1.165, 1.54) is 0 Å². The van der Waals surface area contributed by atoms with Crippen molar-refractivity contribution in [1.82, 2.24) is 0 Å². The van der Waals surface area contributed by atoms with Crippen molar-refractivity contribution in [2.75, 3.05) is 26.4 Å². The molecule has 0 radical (unpaired) electrons. The molecule has 398 valence electrons. The van der Waals surface area contributed by atoms with E-state index in [1.54, 1.807) is 0 Å². The van der Waals surface area contributed by atoms with Crippen molar-refractivity contribution in [3.63, 3.8) is 0 Å². The van der Waals surface area contributed by atoms with Gasteiger partial charge in [0, 0.05) is 19.3 Å². The summed E-state index contributed by atoms with van der Waals surface area (Å²) in [6.07, 6.45) is 60.6. The van der Waals surface area contributed by atoms with Crippen molar-refractivity contribution in [3.05, 3.63) is 109 Å². The van der Waals surface area contributed by atoms with Gasteiger partial charge < -0.3 is 24.2 Å². The molecule has 0 amide bonds. The Morgan fingerprint density at radius 3 is 1.17 bits per heavy atom. The average Bonchev–Trinajstić information content (AvgIpc) is 3.35. The standard InChI is InChI=1S/C58H95O11P/c1-4-7-10-13-16-19-22-25-27-30-33-36-39-42-45-48-57(61)68-54(50-59)52-66-70(63,64)67-53-55(51-65-56(60)47-44-41-38-35-32-29-24-21-18-15-12-9-6-3)69-58(62)49-46-43-40-37-34-31-28-26-23-20-17-14-11-8-5-2/h7-8,10-12,15-17,19-21,24-28,34,37,54-55,59H,4-6,9,13-14,18,22-23,29-33,35-36,38-53H2,1-3H3,(H,63,64)/b10-7-,11-8-,15-12-,19-16-,20-17-,24-21-,27-25-,28-26-,37-34-. The third-order valence-corrected chi connectivity index (χ3v) is 11.6. The molecule has 2 N–H and O–H groups in total. The minimum absolute atomic E-state index is 0.105. The third kappa shape index (κ3) is 49.1. The highest BCUT2D eigenvalue weighted by molar-refractivity contribution is 7.47. The number of aliphatic hydroxyl groups excluding tert-OH is 1. The molecule has 0 aromatic carbocycles. The van der Waals surface area contributed by atoms with Crippen LogP contribution >= 0.6 is 7.82 Å². The zero-order valence-electron chi connectivity index (χ0n) is 43.7. The highest BCUT2D eigenvalue weighted by Crippen LogP contribution is 2.43. The van der Waals surface area contributed by atoms with Crippen molar-refractivity contribution >= 4 is 25.7 Å². The molecule has 11 nitrogen and oxygen atoms in total. The number of hydrogen-bond acceptors (Lipinski definition) is 10. The van der Waals surface area contributed by atoms with Crippen LogP contribution in [0.1, 0.15) is 201 Å². The molecule has 0 saturated heterocycles. The molecule has 0 spiro atoms. The molecular weight excluding hydrogens is 904 g/mol. The molecule has 0 bridgehead atoms. The summed E-state index contributed by atoms with van der Waals surface area (Å²) < 4.78 is 39.3. The summed E-state index contributed by atoms with van der Waals surface area (Å²) in [6.45, 7) is 4.24. The normalized spacial score (nSPS) is 14.3. The number of carbonyl (C=O) groups is 3. The minimum Gasteiger partial charge on any atom is -0.462 e. The maximum Gasteiger partial charge on any atom is 0.472 e. The molecular formula is C58H95O11P. The second kappa shape index (κ2) is 51.5. The third-order valence-electron chi connectivity index (χ3n) is 10.6. The van der Waals surface area contributed by atoms with Crippen LogP contribution in [0.5, 0.6) is 0 Å². The number of phosphoric acid groups is 1. The summed E-state index contributed by atoms with van der Waals surface area (Å²) >= 11 is 0. The Kier molecular flexibility index (Phi) is 48.7. The summed E-state index contributed by atoms with van der Waals surface area (Å²) in [5.74, 6) is -1.56. The van der Waals surface area contributed by atoms with Gasteiger partial charge >= 0.3 is 25.7 Å². The number of hydrogen-bond donors (Lipinski definition) is 2. The van der Waals surface area contributed by atoms with Gasteiger partial charge in [-0.3, -0.25) is 23.4 Å². The number of ether oxygens (including phenoxy) is 3. The van der Waals surface area contributed by atoms with Crippen molar-refractivity contribution in [1.29, 1.82) is 0 Å². The lowest BCUT2D eigenvalue weighted by atomic mass is 10.1. The molecule has 3 atom stereocenters. The van der Waals surface area contributed by atoms with E-state index >= 15 is 0 Å². The van der Waals surface area contributed by atoms with Gasteiger partial charge in [0.25, 0.3) is 0 Å². The van der Waals surface area contributed by atoms with E-state index in [0.29, 0.717) is 19.3 Å². The fraction of sp³-hybridized carbons (Fsp3) is 0.638. The lowest BCUT2D eigenvalue weighted by Crippen LogP contribution is -2.30. The van der Waals surface area contributed by atoms with E-state index in [4.69, 9.17) is 23.3 Å². The van der Waals surface area contributed by atoms with Crippen LogP contribution in [0.4, 0.5) is 0 Å². The lowest BCUT2D eigenvalue weighted by molar-refractivity contribution is -0.161. The zero-order chi connectivity index (χ0) is 51.3. The average molecular weight is 999 g/mol. The second-order valence-electron chi connectivity index (χ2n) is 17.3. The number of carbonyl (C=O) groups excluding carboxylic acids is 3. The van der Waals surface area contributed by atoms with Crippen molar-refractivity contribution < 1.29 is 52.2 Å². The van der Waals surface area contributed by atoms with E-state index in [0.717, 1.165) is 141 Å². The molecule has 0 aromatic rings. The molecule has 0 aliphatic carbocycles. The Hall–Kier alpha value is -3.86. The van der Waals surface area contributed by atoms with Crippen LogP contribution < -0.4 is 0 Å². The molecule has 0 aliphatic rings. The van der Waals surface area contributed by atoms with Crippen molar-refractivity contribution in [2.24, 2.45) is 0 Å². The molecule has 0 heterocycles. The Morgan fingerprint density at radius 1 is 0.414 bits per heavy atom. The first-order valence-electron chi connectivity index (χ1n) is 26.8. The Balaban J connectivity index is 4.83. The summed E-state index contributed by atoms with van der Waals surface area (Å²) in [7, 11) is -4.77. The van der Waals surface area contributed by atoms with Gasteiger partial charge in [-0.05, 0) is 116 Å². The molecule has 12 heteroatoms. The number of esters is 3. The van der Waals surface area contributed by atoms with E-state index in [2.05, 4.69) is 130 Å². The highest BCUT2D eigenvalue weighted by Gasteiger charge is 2.28. The van der Waals surface area contributed by atoms with Crippen LogP contribution in [0.15, 0.2) is 109 Å². The fourth-order valence-electron chi connectivity index (χ4n) is 6.63. The van der Waals surface area contributed by atoms with Gasteiger partial charge in [0.05, 0.1) is 19.8 Å². The lowest BCUT2D eigenvalue weighted by Gasteiger charge is -2.21. The second-order valence-corrected chi connectivity index (χ2v) is 18.7. The molecule has 0 rings (SSSR count). The number of phosphoric ester groups is 1. The molecule has 3 unspecified atom stereocenters. The largest absolute Gasteiger partial charge is 0.472 e.